The molecule has 1 atom stereocenters. The Morgan fingerprint density at radius 2 is 1.84 bits per heavy atom. The van der Waals surface area contributed by atoms with Crippen LogP contribution in [-0.4, -0.2) is 47.9 Å². The number of aryl methyl sites for hydroxylation is 1. The van der Waals surface area contributed by atoms with Crippen molar-refractivity contribution in [2.75, 3.05) is 25.1 Å². The zero-order valence-corrected chi connectivity index (χ0v) is 21.6. The molecule has 0 amide bonds. The summed E-state index contributed by atoms with van der Waals surface area (Å²) in [6.07, 6.45) is -0.326. The number of fused-ring (bicyclic) bond motifs is 2. The van der Waals surface area contributed by atoms with Crippen LogP contribution < -0.4 is 14.4 Å². The van der Waals surface area contributed by atoms with Gasteiger partial charge in [0.1, 0.15) is 24.2 Å². The second-order valence-electron chi connectivity index (χ2n) is 9.36. The smallest absolute Gasteiger partial charge is 0.307 e. The van der Waals surface area contributed by atoms with Crippen molar-refractivity contribution in [3.63, 3.8) is 0 Å². The molecular formula is C29H27ClN2O5. The van der Waals surface area contributed by atoms with Gasteiger partial charge in [0.15, 0.2) is 0 Å². The first-order valence-corrected chi connectivity index (χ1v) is 12.4. The third kappa shape index (κ3) is 4.87. The number of carboxylic acid groups (broad SMARTS) is 1. The average molecular weight is 519 g/mol. The SMILES string of the molecule is Cc1ccc2c(c1)N(C)C[C@@H](COc1ccc(C(=O)n3c(C)c(CC(=O)O)c4cc(Cl)ccc43)cc1)O2. The van der Waals surface area contributed by atoms with Crippen LogP contribution in [0.4, 0.5) is 5.69 Å². The maximum atomic E-state index is 13.5. The third-order valence-electron chi connectivity index (χ3n) is 6.66. The fraction of sp³-hybridized carbons (Fsp3) is 0.241. The number of carbonyl (C=O) groups excluding carboxylic acids is 1. The quantitative estimate of drug-likeness (QED) is 0.363. The number of hydrogen-bond acceptors (Lipinski definition) is 5. The van der Waals surface area contributed by atoms with Crippen molar-refractivity contribution in [3.8, 4) is 11.5 Å². The molecule has 0 aliphatic carbocycles. The van der Waals surface area contributed by atoms with E-state index in [1.54, 1.807) is 54.0 Å². The average Bonchev–Trinajstić information content (AvgIpc) is 3.13. The van der Waals surface area contributed by atoms with E-state index in [2.05, 4.69) is 17.9 Å². The minimum atomic E-state index is -0.970. The van der Waals surface area contributed by atoms with Crippen LogP contribution in [0.15, 0.2) is 60.7 Å². The highest BCUT2D eigenvalue weighted by atomic mass is 35.5. The van der Waals surface area contributed by atoms with E-state index in [0.29, 0.717) is 51.6 Å². The Hall–Kier alpha value is -3.97. The number of benzene rings is 3. The van der Waals surface area contributed by atoms with Gasteiger partial charge in [0, 0.05) is 28.7 Å². The summed E-state index contributed by atoms with van der Waals surface area (Å²) < 4.78 is 13.6. The second kappa shape index (κ2) is 9.82. The number of ether oxygens (including phenoxy) is 2. The van der Waals surface area contributed by atoms with E-state index < -0.39 is 5.97 Å². The van der Waals surface area contributed by atoms with Crippen LogP contribution >= 0.6 is 11.6 Å². The molecule has 37 heavy (non-hydrogen) atoms. The highest BCUT2D eigenvalue weighted by molar-refractivity contribution is 6.31. The van der Waals surface area contributed by atoms with Crippen molar-refractivity contribution in [1.29, 1.82) is 0 Å². The molecule has 4 aromatic rings. The van der Waals surface area contributed by atoms with Gasteiger partial charge in [0.25, 0.3) is 5.91 Å². The fourth-order valence-corrected chi connectivity index (χ4v) is 5.01. The first kappa shape index (κ1) is 24.7. The van der Waals surface area contributed by atoms with Gasteiger partial charge in [0.05, 0.1) is 24.2 Å². The predicted octanol–water partition coefficient (Wildman–Crippen LogP) is 5.50. The van der Waals surface area contributed by atoms with Crippen molar-refractivity contribution in [2.45, 2.75) is 26.4 Å². The standard InChI is InChI=1S/C29H27ClN2O5/c1-17-4-11-27-26(12-17)31(3)15-22(37-27)16-36-21-8-5-19(6-9-21)29(35)32-18(2)23(14-28(33)34)24-13-20(30)7-10-25(24)32/h4-13,22H,14-16H2,1-3H3,(H,33,34)/t22-/m0/s1. The number of anilines is 1. The number of likely N-dealkylation sites (N-methyl/N-ethyl adjacent to an activating group) is 1. The largest absolute Gasteiger partial charge is 0.490 e. The molecule has 5 rings (SSSR count). The lowest BCUT2D eigenvalue weighted by Gasteiger charge is -2.33. The fourth-order valence-electron chi connectivity index (χ4n) is 4.84. The van der Waals surface area contributed by atoms with Gasteiger partial charge in [-0.1, -0.05) is 17.7 Å². The van der Waals surface area contributed by atoms with Crippen molar-refractivity contribution in [1.82, 2.24) is 4.57 Å². The Kier molecular flexibility index (Phi) is 6.56. The Balaban J connectivity index is 1.32. The molecule has 1 aromatic heterocycles. The van der Waals surface area contributed by atoms with Crippen molar-refractivity contribution in [2.24, 2.45) is 0 Å². The summed E-state index contributed by atoms with van der Waals surface area (Å²) in [5.74, 6) is 0.247. The van der Waals surface area contributed by atoms with Gasteiger partial charge in [-0.05, 0) is 79.6 Å². The lowest BCUT2D eigenvalue weighted by molar-refractivity contribution is -0.136. The summed E-state index contributed by atoms with van der Waals surface area (Å²) in [6.45, 7) is 4.88. The van der Waals surface area contributed by atoms with E-state index in [1.165, 1.54) is 5.56 Å². The van der Waals surface area contributed by atoms with Gasteiger partial charge in [-0.2, -0.15) is 0 Å². The van der Waals surface area contributed by atoms with Gasteiger partial charge >= 0.3 is 5.97 Å². The molecule has 8 heteroatoms. The van der Waals surface area contributed by atoms with E-state index in [0.717, 1.165) is 11.4 Å². The number of carbonyl (C=O) groups is 2. The summed E-state index contributed by atoms with van der Waals surface area (Å²) in [7, 11) is 2.04. The number of hydrogen-bond donors (Lipinski definition) is 1. The van der Waals surface area contributed by atoms with Gasteiger partial charge in [-0.25, -0.2) is 0 Å². The van der Waals surface area contributed by atoms with Crippen LogP contribution in [-0.2, 0) is 11.2 Å². The van der Waals surface area contributed by atoms with E-state index in [-0.39, 0.29) is 18.4 Å². The highest BCUT2D eigenvalue weighted by Crippen LogP contribution is 2.34. The van der Waals surface area contributed by atoms with Gasteiger partial charge in [-0.15, -0.1) is 0 Å². The lowest BCUT2D eigenvalue weighted by atomic mass is 10.1. The topological polar surface area (TPSA) is 81.0 Å². The van der Waals surface area contributed by atoms with Crippen LogP contribution in [0.3, 0.4) is 0 Å². The molecule has 0 spiro atoms. The Labute approximate surface area is 219 Å². The maximum absolute atomic E-state index is 13.5. The number of carboxylic acids is 1. The molecule has 0 fully saturated rings. The number of aromatic nitrogens is 1. The number of nitrogens with zero attached hydrogens (tertiary/aromatic N) is 2. The summed E-state index contributed by atoms with van der Waals surface area (Å²) >= 11 is 6.16. The molecule has 3 aromatic carbocycles. The molecule has 0 unspecified atom stereocenters. The summed E-state index contributed by atoms with van der Waals surface area (Å²) in [5, 5.41) is 10.5. The van der Waals surface area contributed by atoms with Crippen molar-refractivity contribution in [3.05, 3.63) is 88.1 Å². The molecule has 190 valence electrons. The molecular weight excluding hydrogens is 492 g/mol. The first-order chi connectivity index (χ1) is 17.7. The van der Waals surface area contributed by atoms with Crippen LogP contribution in [0.25, 0.3) is 10.9 Å². The van der Waals surface area contributed by atoms with Gasteiger partial charge in [-0.3, -0.25) is 14.2 Å². The molecule has 0 saturated carbocycles. The van der Waals surface area contributed by atoms with E-state index >= 15 is 0 Å². The number of rotatable bonds is 6. The van der Waals surface area contributed by atoms with Crippen LogP contribution in [0, 0.1) is 13.8 Å². The first-order valence-electron chi connectivity index (χ1n) is 12.0. The van der Waals surface area contributed by atoms with Gasteiger partial charge < -0.3 is 19.5 Å². The molecule has 2 heterocycles. The Bertz CT molecular complexity index is 1510. The molecule has 0 saturated heterocycles. The zero-order valence-electron chi connectivity index (χ0n) is 20.8. The molecule has 7 nitrogen and oxygen atoms in total. The minimum absolute atomic E-state index is 0.130. The molecule has 1 aliphatic heterocycles. The van der Waals surface area contributed by atoms with Crippen LogP contribution in [0.1, 0.15) is 27.2 Å². The predicted molar refractivity (Wildman–Crippen MR) is 144 cm³/mol. The molecule has 1 N–H and O–H groups in total. The Morgan fingerprint density at radius 1 is 1.08 bits per heavy atom. The lowest BCUT2D eigenvalue weighted by Crippen LogP contribution is -2.41. The Morgan fingerprint density at radius 3 is 2.57 bits per heavy atom. The number of halogens is 1. The maximum Gasteiger partial charge on any atom is 0.307 e. The summed E-state index contributed by atoms with van der Waals surface area (Å²) in [5.41, 5.74) is 4.50. The monoisotopic (exact) mass is 518 g/mol. The third-order valence-corrected chi connectivity index (χ3v) is 6.90. The molecule has 1 aliphatic rings. The second-order valence-corrected chi connectivity index (χ2v) is 9.80. The summed E-state index contributed by atoms with van der Waals surface area (Å²) in [6, 6.07) is 18.2. The van der Waals surface area contributed by atoms with E-state index in [9.17, 15) is 14.7 Å². The van der Waals surface area contributed by atoms with Gasteiger partial charge in [0.2, 0.25) is 0 Å². The summed E-state index contributed by atoms with van der Waals surface area (Å²) in [4.78, 5) is 27.1. The normalized spacial score (nSPS) is 14.8. The molecule has 0 bridgehead atoms. The van der Waals surface area contributed by atoms with Crippen LogP contribution in [0.2, 0.25) is 5.02 Å². The minimum Gasteiger partial charge on any atom is -0.490 e. The number of aliphatic carboxylic acids is 1. The molecule has 0 radical (unpaired) electrons. The van der Waals surface area contributed by atoms with E-state index in [4.69, 9.17) is 21.1 Å². The van der Waals surface area contributed by atoms with Crippen LogP contribution in [0.5, 0.6) is 11.5 Å². The van der Waals surface area contributed by atoms with E-state index in [1.807, 2.05) is 19.2 Å². The van der Waals surface area contributed by atoms with Crippen molar-refractivity contribution >= 4 is 40.1 Å². The highest BCUT2D eigenvalue weighted by Gasteiger charge is 2.25. The zero-order chi connectivity index (χ0) is 26.3. The van der Waals surface area contributed by atoms with Crippen molar-refractivity contribution < 1.29 is 24.2 Å².